The molecule has 82 valence electrons. The summed E-state index contributed by atoms with van der Waals surface area (Å²) in [4.78, 5) is 13.7. The molecule has 0 bridgehead atoms. The molecule has 4 heteroatoms. The Labute approximate surface area is 85.4 Å². The molecule has 0 spiro atoms. The molecule has 1 aliphatic rings. The van der Waals surface area contributed by atoms with Gasteiger partial charge in [0.05, 0.1) is 19.3 Å². The van der Waals surface area contributed by atoms with Gasteiger partial charge >= 0.3 is 0 Å². The molecule has 0 aliphatic carbocycles. The molecule has 0 saturated carbocycles. The van der Waals surface area contributed by atoms with Crippen molar-refractivity contribution in [3.63, 3.8) is 0 Å². The number of morpholine rings is 1. The lowest BCUT2D eigenvalue weighted by Crippen LogP contribution is -2.53. The van der Waals surface area contributed by atoms with Gasteiger partial charge in [0.15, 0.2) is 0 Å². The molecular formula is C10H20N2O2. The first-order valence-corrected chi connectivity index (χ1v) is 5.05. The maximum absolute atomic E-state index is 11.9. The molecule has 4 nitrogen and oxygen atoms in total. The average molecular weight is 200 g/mol. The van der Waals surface area contributed by atoms with E-state index in [-0.39, 0.29) is 11.3 Å². The lowest BCUT2D eigenvalue weighted by molar-refractivity contribution is -0.139. The topological polar surface area (TPSA) is 55.6 Å². The van der Waals surface area contributed by atoms with Crippen LogP contribution in [0.2, 0.25) is 0 Å². The van der Waals surface area contributed by atoms with E-state index in [1.165, 1.54) is 0 Å². The smallest absolute Gasteiger partial charge is 0.240 e. The number of nitrogens with zero attached hydrogens (tertiary/aromatic N) is 1. The fraction of sp³-hybridized carbons (Fsp3) is 0.900. The van der Waals surface area contributed by atoms with Gasteiger partial charge in [-0.05, 0) is 5.41 Å². The summed E-state index contributed by atoms with van der Waals surface area (Å²) in [6.45, 7) is 8.54. The van der Waals surface area contributed by atoms with E-state index in [0.29, 0.717) is 26.3 Å². The number of nitrogens with two attached hydrogens (primary N) is 1. The highest BCUT2D eigenvalue weighted by molar-refractivity contribution is 5.82. The molecule has 0 aromatic rings. The molecular weight excluding hydrogens is 180 g/mol. The van der Waals surface area contributed by atoms with Crippen LogP contribution in [0.5, 0.6) is 0 Å². The van der Waals surface area contributed by atoms with E-state index in [9.17, 15) is 4.79 Å². The number of amides is 1. The third kappa shape index (κ3) is 2.69. The summed E-state index contributed by atoms with van der Waals surface area (Å²) in [5.74, 6) is 0.0424. The molecule has 1 rings (SSSR count). The molecule has 1 heterocycles. The molecule has 0 radical (unpaired) electrons. The molecule has 14 heavy (non-hydrogen) atoms. The second-order valence-electron chi connectivity index (χ2n) is 4.78. The maximum Gasteiger partial charge on any atom is 0.240 e. The molecule has 2 N–H and O–H groups in total. The van der Waals surface area contributed by atoms with Crippen molar-refractivity contribution in [3.05, 3.63) is 0 Å². The lowest BCUT2D eigenvalue weighted by Gasteiger charge is -2.33. The van der Waals surface area contributed by atoms with Gasteiger partial charge in [0.2, 0.25) is 5.91 Å². The van der Waals surface area contributed by atoms with Gasteiger partial charge in [-0.25, -0.2) is 0 Å². The standard InChI is InChI=1S/C10H20N2O2/c1-10(2,3)8(11)9(13)12-4-6-14-7-5-12/h8H,4-7,11H2,1-3H3/t8-/m0/s1. The summed E-state index contributed by atoms with van der Waals surface area (Å²) in [6.07, 6.45) is 0. The van der Waals surface area contributed by atoms with Gasteiger partial charge in [-0.2, -0.15) is 0 Å². The Kier molecular flexibility index (Phi) is 3.50. The van der Waals surface area contributed by atoms with Crippen molar-refractivity contribution in [2.75, 3.05) is 26.3 Å². The van der Waals surface area contributed by atoms with Gasteiger partial charge < -0.3 is 15.4 Å². The summed E-state index contributed by atoms with van der Waals surface area (Å²) < 4.78 is 5.18. The largest absolute Gasteiger partial charge is 0.378 e. The first-order valence-electron chi connectivity index (χ1n) is 5.05. The predicted octanol–water partition coefficient (Wildman–Crippen LogP) is 0.219. The zero-order chi connectivity index (χ0) is 10.8. The highest BCUT2D eigenvalue weighted by atomic mass is 16.5. The SMILES string of the molecule is CC(C)(C)[C@@H](N)C(=O)N1CCOCC1. The lowest BCUT2D eigenvalue weighted by atomic mass is 9.86. The minimum absolute atomic E-state index is 0.0424. The van der Waals surface area contributed by atoms with Gasteiger partial charge in [-0.3, -0.25) is 4.79 Å². The van der Waals surface area contributed by atoms with Crippen molar-refractivity contribution >= 4 is 5.91 Å². The monoisotopic (exact) mass is 200 g/mol. The Bertz CT molecular complexity index is 205. The molecule has 0 aromatic carbocycles. The summed E-state index contributed by atoms with van der Waals surface area (Å²) in [5.41, 5.74) is 5.72. The number of hydrogen-bond donors (Lipinski definition) is 1. The highest BCUT2D eigenvalue weighted by Crippen LogP contribution is 2.19. The van der Waals surface area contributed by atoms with Crippen LogP contribution in [0.15, 0.2) is 0 Å². The van der Waals surface area contributed by atoms with Gasteiger partial charge in [0, 0.05) is 13.1 Å². The zero-order valence-electron chi connectivity index (χ0n) is 9.25. The van der Waals surface area contributed by atoms with E-state index in [1.807, 2.05) is 20.8 Å². The number of hydrogen-bond acceptors (Lipinski definition) is 3. The highest BCUT2D eigenvalue weighted by Gasteiger charge is 2.31. The Morgan fingerprint density at radius 3 is 2.29 bits per heavy atom. The Hall–Kier alpha value is -0.610. The van der Waals surface area contributed by atoms with Crippen molar-refractivity contribution in [2.24, 2.45) is 11.1 Å². The molecule has 0 unspecified atom stereocenters. The van der Waals surface area contributed by atoms with Crippen molar-refractivity contribution in [1.82, 2.24) is 4.90 Å². The molecule has 0 aromatic heterocycles. The van der Waals surface area contributed by atoms with E-state index in [4.69, 9.17) is 10.5 Å². The number of carbonyl (C=O) groups excluding carboxylic acids is 1. The van der Waals surface area contributed by atoms with Gasteiger partial charge in [0.1, 0.15) is 0 Å². The van der Waals surface area contributed by atoms with Crippen molar-refractivity contribution in [3.8, 4) is 0 Å². The van der Waals surface area contributed by atoms with E-state index in [0.717, 1.165) is 0 Å². The van der Waals surface area contributed by atoms with Gasteiger partial charge in [-0.15, -0.1) is 0 Å². The van der Waals surface area contributed by atoms with E-state index in [2.05, 4.69) is 0 Å². The molecule has 1 aliphatic heterocycles. The quantitative estimate of drug-likeness (QED) is 0.658. The third-order valence-electron chi connectivity index (χ3n) is 2.52. The molecule has 1 fully saturated rings. The van der Waals surface area contributed by atoms with Crippen LogP contribution in [0.1, 0.15) is 20.8 Å². The maximum atomic E-state index is 11.9. The van der Waals surface area contributed by atoms with Crippen LogP contribution in [-0.4, -0.2) is 43.2 Å². The average Bonchev–Trinajstić information content (AvgIpc) is 2.15. The van der Waals surface area contributed by atoms with E-state index < -0.39 is 6.04 Å². The van der Waals surface area contributed by atoms with Crippen molar-refractivity contribution in [1.29, 1.82) is 0 Å². The fourth-order valence-electron chi connectivity index (χ4n) is 1.35. The molecule has 1 saturated heterocycles. The number of rotatable bonds is 1. The van der Waals surface area contributed by atoms with Crippen LogP contribution < -0.4 is 5.73 Å². The zero-order valence-corrected chi connectivity index (χ0v) is 9.25. The van der Waals surface area contributed by atoms with Gasteiger partial charge in [0.25, 0.3) is 0 Å². The van der Waals surface area contributed by atoms with Crippen molar-refractivity contribution in [2.45, 2.75) is 26.8 Å². The van der Waals surface area contributed by atoms with E-state index >= 15 is 0 Å². The summed E-state index contributed by atoms with van der Waals surface area (Å²) in [5, 5.41) is 0. The first kappa shape index (κ1) is 11.5. The molecule has 1 amide bonds. The number of carbonyl (C=O) groups is 1. The van der Waals surface area contributed by atoms with Crippen LogP contribution in [0.3, 0.4) is 0 Å². The van der Waals surface area contributed by atoms with Crippen LogP contribution >= 0.6 is 0 Å². The minimum Gasteiger partial charge on any atom is -0.378 e. The Morgan fingerprint density at radius 1 is 1.36 bits per heavy atom. The van der Waals surface area contributed by atoms with Crippen LogP contribution in [0, 0.1) is 5.41 Å². The Balaban J connectivity index is 2.55. The van der Waals surface area contributed by atoms with Crippen LogP contribution in [0.25, 0.3) is 0 Å². The summed E-state index contributed by atoms with van der Waals surface area (Å²) >= 11 is 0. The minimum atomic E-state index is -0.416. The second-order valence-corrected chi connectivity index (χ2v) is 4.78. The van der Waals surface area contributed by atoms with Crippen LogP contribution in [0.4, 0.5) is 0 Å². The summed E-state index contributed by atoms with van der Waals surface area (Å²) in [7, 11) is 0. The molecule has 1 atom stereocenters. The third-order valence-corrected chi connectivity index (χ3v) is 2.52. The second kappa shape index (κ2) is 4.28. The number of ether oxygens (including phenoxy) is 1. The Morgan fingerprint density at radius 2 is 1.86 bits per heavy atom. The summed E-state index contributed by atoms with van der Waals surface area (Å²) in [6, 6.07) is -0.416. The van der Waals surface area contributed by atoms with E-state index in [1.54, 1.807) is 4.90 Å². The normalized spacial score (nSPS) is 20.7. The van der Waals surface area contributed by atoms with Crippen LogP contribution in [-0.2, 0) is 9.53 Å². The fourth-order valence-corrected chi connectivity index (χ4v) is 1.35. The first-order chi connectivity index (χ1) is 6.43. The van der Waals surface area contributed by atoms with Crippen molar-refractivity contribution < 1.29 is 9.53 Å². The van der Waals surface area contributed by atoms with Gasteiger partial charge in [-0.1, -0.05) is 20.8 Å². The predicted molar refractivity (Wildman–Crippen MR) is 54.8 cm³/mol.